The second kappa shape index (κ2) is 8.86. The Bertz CT molecular complexity index is 1380. The molecule has 3 aromatic rings. The highest BCUT2D eigenvalue weighted by Crippen LogP contribution is 2.43. The zero-order valence-corrected chi connectivity index (χ0v) is 20.9. The number of carbonyl (C=O) groups excluding carboxylic acids is 2. The van der Waals surface area contributed by atoms with Gasteiger partial charge in [0.25, 0.3) is 11.7 Å². The van der Waals surface area contributed by atoms with E-state index in [1.54, 1.807) is 31.4 Å². The third-order valence-corrected chi connectivity index (χ3v) is 6.83. The molecule has 1 fully saturated rings. The molecule has 0 spiro atoms. The van der Waals surface area contributed by atoms with Gasteiger partial charge in [-0.3, -0.25) is 14.5 Å². The molecule has 3 aromatic carbocycles. The van der Waals surface area contributed by atoms with Gasteiger partial charge in [0, 0.05) is 17.7 Å². The van der Waals surface area contributed by atoms with Crippen LogP contribution in [0.1, 0.15) is 49.1 Å². The fourth-order valence-corrected chi connectivity index (χ4v) is 4.84. The first kappa shape index (κ1) is 23.7. The maximum absolute atomic E-state index is 13.4. The summed E-state index contributed by atoms with van der Waals surface area (Å²) >= 11 is 0. The lowest BCUT2D eigenvalue weighted by Crippen LogP contribution is -2.29. The van der Waals surface area contributed by atoms with E-state index in [0.29, 0.717) is 29.2 Å². The highest BCUT2D eigenvalue weighted by Gasteiger charge is 2.47. The molecule has 0 saturated carbocycles. The van der Waals surface area contributed by atoms with Crippen LogP contribution in [0.2, 0.25) is 0 Å². The number of rotatable bonds is 4. The summed E-state index contributed by atoms with van der Waals surface area (Å²) in [5.74, 6) is -0.245. The Kier molecular flexibility index (Phi) is 5.83. The van der Waals surface area contributed by atoms with Gasteiger partial charge < -0.3 is 14.6 Å². The van der Waals surface area contributed by atoms with E-state index in [1.807, 2.05) is 42.5 Å². The van der Waals surface area contributed by atoms with Gasteiger partial charge in [-0.25, -0.2) is 0 Å². The fourth-order valence-electron chi connectivity index (χ4n) is 4.84. The summed E-state index contributed by atoms with van der Waals surface area (Å²) in [6, 6.07) is 19.4. The molecule has 6 nitrogen and oxygen atoms in total. The van der Waals surface area contributed by atoms with Crippen molar-refractivity contribution in [2.24, 2.45) is 0 Å². The van der Waals surface area contributed by atoms with Gasteiger partial charge >= 0.3 is 0 Å². The van der Waals surface area contributed by atoms with Gasteiger partial charge in [-0.2, -0.15) is 0 Å². The molecule has 5 rings (SSSR count). The van der Waals surface area contributed by atoms with Crippen LogP contribution < -0.4 is 14.4 Å². The van der Waals surface area contributed by atoms with Crippen molar-refractivity contribution in [3.8, 4) is 11.5 Å². The van der Waals surface area contributed by atoms with E-state index in [4.69, 9.17) is 9.47 Å². The van der Waals surface area contributed by atoms with Crippen LogP contribution in [-0.4, -0.2) is 30.5 Å². The summed E-state index contributed by atoms with van der Waals surface area (Å²) < 4.78 is 11.0. The monoisotopic (exact) mass is 483 g/mol. The largest absolute Gasteiger partial charge is 0.507 e. The molecule has 1 N–H and O–H groups in total. The normalized spacial score (nSPS) is 18.8. The molecule has 36 heavy (non-hydrogen) atoms. The zero-order valence-electron chi connectivity index (χ0n) is 20.9. The number of Topliss-reactive ketones (excluding diaryl/α,β-unsaturated/α-hetero) is 1. The molecule has 1 saturated heterocycles. The van der Waals surface area contributed by atoms with Gasteiger partial charge in [0.15, 0.2) is 0 Å². The number of aliphatic hydroxyl groups excluding tert-OH is 1. The van der Waals surface area contributed by atoms with Crippen molar-refractivity contribution in [1.29, 1.82) is 0 Å². The number of fused-ring (bicyclic) bond motifs is 1. The Morgan fingerprint density at radius 1 is 1.03 bits per heavy atom. The lowest BCUT2D eigenvalue weighted by Gasteiger charge is -2.27. The number of ether oxygens (including phenoxy) is 2. The minimum absolute atomic E-state index is 0.0482. The predicted octanol–water partition coefficient (Wildman–Crippen LogP) is 5.55. The highest BCUT2D eigenvalue weighted by molar-refractivity contribution is 6.51. The standard InChI is InChI=1S/C30H29NO5/c1-30(2,3)21-9-11-22(12-10-21)31-26(19-6-5-7-23(17-19)35-4)25(28(33)29(31)34)27(32)20-8-13-24-18(16-20)14-15-36-24/h5-13,16-17,26,32H,14-15H2,1-4H3/b27-25-. The summed E-state index contributed by atoms with van der Waals surface area (Å²) in [7, 11) is 1.56. The summed E-state index contributed by atoms with van der Waals surface area (Å²) in [6.07, 6.45) is 0.726. The number of anilines is 1. The smallest absolute Gasteiger partial charge is 0.300 e. The molecule has 0 aliphatic carbocycles. The fraction of sp³-hybridized carbons (Fsp3) is 0.267. The molecule has 0 aromatic heterocycles. The minimum Gasteiger partial charge on any atom is -0.507 e. The molecule has 184 valence electrons. The molecular formula is C30H29NO5. The Balaban J connectivity index is 1.68. The first-order valence-corrected chi connectivity index (χ1v) is 12.0. The molecule has 1 atom stereocenters. The van der Waals surface area contributed by atoms with Crippen LogP contribution in [0.5, 0.6) is 11.5 Å². The molecule has 0 radical (unpaired) electrons. The number of ketones is 1. The zero-order chi connectivity index (χ0) is 25.6. The maximum atomic E-state index is 13.4. The number of amides is 1. The van der Waals surface area contributed by atoms with Gasteiger partial charge in [-0.15, -0.1) is 0 Å². The average molecular weight is 484 g/mol. The van der Waals surface area contributed by atoms with E-state index in [0.717, 1.165) is 23.3 Å². The SMILES string of the molecule is COc1cccc(C2/C(=C(/O)c3ccc4c(c3)CCO4)C(=O)C(=O)N2c2ccc(C(C)(C)C)cc2)c1. The van der Waals surface area contributed by atoms with E-state index in [1.165, 1.54) is 4.90 Å². The van der Waals surface area contributed by atoms with E-state index >= 15 is 0 Å². The van der Waals surface area contributed by atoms with Gasteiger partial charge in [-0.1, -0.05) is 45.0 Å². The lowest BCUT2D eigenvalue weighted by molar-refractivity contribution is -0.132. The van der Waals surface area contributed by atoms with Crippen molar-refractivity contribution < 1.29 is 24.2 Å². The Labute approximate surface area is 210 Å². The van der Waals surface area contributed by atoms with Crippen molar-refractivity contribution in [3.05, 3.63) is 94.6 Å². The predicted molar refractivity (Wildman–Crippen MR) is 139 cm³/mol. The van der Waals surface area contributed by atoms with Crippen molar-refractivity contribution >= 4 is 23.1 Å². The van der Waals surface area contributed by atoms with E-state index in [-0.39, 0.29) is 16.7 Å². The number of benzene rings is 3. The molecule has 1 unspecified atom stereocenters. The number of methoxy groups -OCH3 is 1. The summed E-state index contributed by atoms with van der Waals surface area (Å²) in [5.41, 5.74) is 3.79. The highest BCUT2D eigenvalue weighted by atomic mass is 16.5. The third-order valence-electron chi connectivity index (χ3n) is 6.83. The molecule has 2 aliphatic rings. The van der Waals surface area contributed by atoms with Crippen LogP contribution in [0.25, 0.3) is 5.76 Å². The Hall–Kier alpha value is -4.06. The van der Waals surface area contributed by atoms with Gasteiger partial charge in [0.05, 0.1) is 25.3 Å². The summed E-state index contributed by atoms with van der Waals surface area (Å²) in [4.78, 5) is 28.3. The van der Waals surface area contributed by atoms with Crippen molar-refractivity contribution in [1.82, 2.24) is 0 Å². The first-order valence-electron chi connectivity index (χ1n) is 12.0. The van der Waals surface area contributed by atoms with Crippen molar-refractivity contribution in [3.63, 3.8) is 0 Å². The van der Waals surface area contributed by atoms with Crippen molar-refractivity contribution in [2.45, 2.75) is 38.6 Å². The van der Waals surface area contributed by atoms with E-state index in [9.17, 15) is 14.7 Å². The number of nitrogens with zero attached hydrogens (tertiary/aromatic N) is 1. The van der Waals surface area contributed by atoms with Crippen LogP contribution in [0.3, 0.4) is 0 Å². The van der Waals surface area contributed by atoms with Gasteiger partial charge in [0.1, 0.15) is 17.3 Å². The van der Waals surface area contributed by atoms with Crippen molar-refractivity contribution in [2.75, 3.05) is 18.6 Å². The average Bonchev–Trinajstić information content (AvgIpc) is 3.45. The molecular weight excluding hydrogens is 454 g/mol. The summed E-state index contributed by atoms with van der Waals surface area (Å²) in [5, 5.41) is 11.4. The molecule has 1 amide bonds. The molecule has 2 heterocycles. The summed E-state index contributed by atoms with van der Waals surface area (Å²) in [6.45, 7) is 6.93. The Morgan fingerprint density at radius 3 is 2.47 bits per heavy atom. The van der Waals surface area contributed by atoms with Crippen LogP contribution in [0.15, 0.2) is 72.3 Å². The maximum Gasteiger partial charge on any atom is 0.300 e. The van der Waals surface area contributed by atoms with Crippen LogP contribution in [0, 0.1) is 0 Å². The molecule has 6 heteroatoms. The van der Waals surface area contributed by atoms with Crippen LogP contribution in [-0.2, 0) is 21.4 Å². The second-order valence-electron chi connectivity index (χ2n) is 10.2. The second-order valence-corrected chi connectivity index (χ2v) is 10.2. The third kappa shape index (κ3) is 4.02. The van der Waals surface area contributed by atoms with Crippen LogP contribution in [0.4, 0.5) is 5.69 Å². The first-order chi connectivity index (χ1) is 17.2. The number of hydrogen-bond donors (Lipinski definition) is 1. The lowest BCUT2D eigenvalue weighted by atomic mass is 9.87. The number of hydrogen-bond acceptors (Lipinski definition) is 5. The van der Waals surface area contributed by atoms with Gasteiger partial charge in [0.2, 0.25) is 0 Å². The topological polar surface area (TPSA) is 76.1 Å². The minimum atomic E-state index is -0.815. The van der Waals surface area contributed by atoms with E-state index in [2.05, 4.69) is 20.8 Å². The number of aliphatic hydroxyl groups is 1. The molecule has 0 bridgehead atoms. The molecule has 2 aliphatic heterocycles. The van der Waals surface area contributed by atoms with E-state index < -0.39 is 17.7 Å². The van der Waals surface area contributed by atoms with Gasteiger partial charge in [-0.05, 0) is 64.6 Å². The Morgan fingerprint density at radius 2 is 1.78 bits per heavy atom. The quantitative estimate of drug-likeness (QED) is 0.299. The van der Waals surface area contributed by atoms with Crippen LogP contribution >= 0.6 is 0 Å². The number of carbonyl (C=O) groups is 2.